The molecule has 0 unspecified atom stereocenters. The van der Waals surface area contributed by atoms with Crippen LogP contribution >= 0.6 is 12.2 Å². The van der Waals surface area contributed by atoms with E-state index in [1.54, 1.807) is 6.07 Å². The van der Waals surface area contributed by atoms with Gasteiger partial charge in [-0.25, -0.2) is 0 Å². The van der Waals surface area contributed by atoms with E-state index in [2.05, 4.69) is 34.9 Å². The van der Waals surface area contributed by atoms with Crippen molar-refractivity contribution in [3.05, 3.63) is 59.5 Å². The van der Waals surface area contributed by atoms with Gasteiger partial charge in [0.15, 0.2) is 10.9 Å². The Kier molecular flexibility index (Phi) is 10.2. The molecule has 3 N–H and O–H groups in total. The van der Waals surface area contributed by atoms with Crippen molar-refractivity contribution in [2.75, 3.05) is 13.1 Å². The molecule has 0 radical (unpaired) electrons. The van der Waals surface area contributed by atoms with Crippen molar-refractivity contribution in [3.63, 3.8) is 0 Å². The van der Waals surface area contributed by atoms with Gasteiger partial charge >= 0.3 is 5.91 Å². The van der Waals surface area contributed by atoms with Gasteiger partial charge in [0.25, 0.3) is 0 Å². The first-order valence-corrected chi connectivity index (χ1v) is 10.7. The predicted molar refractivity (Wildman–Crippen MR) is 120 cm³/mol. The van der Waals surface area contributed by atoms with Crippen molar-refractivity contribution in [1.29, 1.82) is 0 Å². The van der Waals surface area contributed by atoms with Crippen molar-refractivity contribution >= 4 is 23.2 Å². The Hall–Kier alpha value is -2.38. The minimum Gasteiger partial charge on any atom is -0.454 e. The van der Waals surface area contributed by atoms with E-state index in [1.165, 1.54) is 12.8 Å². The van der Waals surface area contributed by atoms with Crippen LogP contribution in [-0.2, 0) is 13.1 Å². The molecule has 0 saturated carbocycles. The Morgan fingerprint density at radius 1 is 1.00 bits per heavy atom. The lowest BCUT2D eigenvalue weighted by Crippen LogP contribution is -2.46. The SMILES string of the molecule is CCCCN(CCCC)Cc1ccc(C(=O)NNC(=S)NCc2ccccc2)o1. The van der Waals surface area contributed by atoms with Crippen molar-refractivity contribution in [2.45, 2.75) is 52.6 Å². The molecular formula is C22H32N4O2S. The minimum absolute atomic E-state index is 0.268. The standard InChI is InChI=1S/C22H32N4O2S/c1-3-5-14-26(15-6-4-2)17-19-12-13-20(28-19)21(27)24-25-22(29)23-16-18-10-8-7-9-11-18/h7-13H,3-6,14-17H2,1-2H3,(H,24,27)(H2,23,25,29). The molecule has 0 bridgehead atoms. The van der Waals surface area contributed by atoms with Crippen LogP contribution in [0.4, 0.5) is 0 Å². The van der Waals surface area contributed by atoms with Gasteiger partial charge in [-0.2, -0.15) is 0 Å². The molecule has 1 amide bonds. The molecule has 7 heteroatoms. The summed E-state index contributed by atoms with van der Waals surface area (Å²) in [4.78, 5) is 14.7. The number of nitrogens with zero attached hydrogens (tertiary/aromatic N) is 1. The first kappa shape index (κ1) is 22.9. The molecule has 6 nitrogen and oxygen atoms in total. The van der Waals surface area contributed by atoms with Gasteiger partial charge in [0.05, 0.1) is 6.54 Å². The largest absolute Gasteiger partial charge is 0.454 e. The second-order valence-corrected chi connectivity index (χ2v) is 7.40. The highest BCUT2D eigenvalue weighted by atomic mass is 32.1. The van der Waals surface area contributed by atoms with Crippen molar-refractivity contribution in [1.82, 2.24) is 21.1 Å². The monoisotopic (exact) mass is 416 g/mol. The highest BCUT2D eigenvalue weighted by molar-refractivity contribution is 7.80. The number of amides is 1. The number of carbonyl (C=O) groups excluding carboxylic acids is 1. The summed E-state index contributed by atoms with van der Waals surface area (Å²) in [5, 5.41) is 3.39. The van der Waals surface area contributed by atoms with Gasteiger partial charge in [-0.1, -0.05) is 57.0 Å². The van der Waals surface area contributed by atoms with Crippen LogP contribution in [0.5, 0.6) is 0 Å². The second-order valence-electron chi connectivity index (χ2n) is 7.00. The summed E-state index contributed by atoms with van der Waals surface area (Å²) in [6, 6.07) is 13.5. The summed E-state index contributed by atoms with van der Waals surface area (Å²) in [6.07, 6.45) is 4.65. The number of rotatable bonds is 11. The van der Waals surface area contributed by atoms with E-state index < -0.39 is 0 Å². The number of thiocarbonyl (C=S) groups is 1. The highest BCUT2D eigenvalue weighted by Crippen LogP contribution is 2.12. The summed E-state index contributed by atoms with van der Waals surface area (Å²) in [5.74, 6) is 0.713. The number of carbonyl (C=O) groups is 1. The first-order valence-electron chi connectivity index (χ1n) is 10.3. The van der Waals surface area contributed by atoms with Gasteiger partial charge in [-0.05, 0) is 55.8 Å². The Morgan fingerprint density at radius 3 is 2.34 bits per heavy atom. The lowest BCUT2D eigenvalue weighted by molar-refractivity contribution is 0.0911. The lowest BCUT2D eigenvalue weighted by Gasteiger charge is -2.20. The summed E-state index contributed by atoms with van der Waals surface area (Å²) in [7, 11) is 0. The molecular weight excluding hydrogens is 384 g/mol. The van der Waals surface area contributed by atoms with Gasteiger partial charge in [0.1, 0.15) is 5.76 Å². The summed E-state index contributed by atoms with van der Waals surface area (Å²) < 4.78 is 5.74. The zero-order valence-corrected chi connectivity index (χ0v) is 18.2. The summed E-state index contributed by atoms with van der Waals surface area (Å²) in [6.45, 7) is 7.78. The van der Waals surface area contributed by atoms with Gasteiger partial charge in [-0.3, -0.25) is 20.5 Å². The third-order valence-corrected chi connectivity index (χ3v) is 4.75. The van der Waals surface area contributed by atoms with Crippen LogP contribution in [0.15, 0.2) is 46.9 Å². The molecule has 0 fully saturated rings. The quantitative estimate of drug-likeness (QED) is 0.380. The van der Waals surface area contributed by atoms with Crippen LogP contribution in [0.3, 0.4) is 0 Å². The van der Waals surface area contributed by atoms with Gasteiger partial charge in [0, 0.05) is 6.54 Å². The van der Waals surface area contributed by atoms with E-state index >= 15 is 0 Å². The van der Waals surface area contributed by atoms with Gasteiger partial charge in [0.2, 0.25) is 0 Å². The molecule has 1 aromatic heterocycles. The third kappa shape index (κ3) is 8.66. The number of nitrogens with one attached hydrogen (secondary N) is 3. The smallest absolute Gasteiger partial charge is 0.305 e. The van der Waals surface area contributed by atoms with E-state index in [0.29, 0.717) is 11.7 Å². The molecule has 29 heavy (non-hydrogen) atoms. The third-order valence-electron chi connectivity index (χ3n) is 4.51. The van der Waals surface area contributed by atoms with Crippen molar-refractivity contribution < 1.29 is 9.21 Å². The molecule has 0 saturated heterocycles. The van der Waals surface area contributed by atoms with Crippen molar-refractivity contribution in [2.24, 2.45) is 0 Å². The lowest BCUT2D eigenvalue weighted by atomic mass is 10.2. The molecule has 0 spiro atoms. The Labute approximate surface area is 179 Å². The zero-order chi connectivity index (χ0) is 20.9. The molecule has 2 aromatic rings. The minimum atomic E-state index is -0.353. The summed E-state index contributed by atoms with van der Waals surface area (Å²) in [5.41, 5.74) is 6.38. The first-order chi connectivity index (χ1) is 14.1. The van der Waals surface area contributed by atoms with Crippen LogP contribution in [0.25, 0.3) is 0 Å². The van der Waals surface area contributed by atoms with Crippen LogP contribution in [0.2, 0.25) is 0 Å². The van der Waals surface area contributed by atoms with Crippen LogP contribution in [0.1, 0.15) is 61.4 Å². The Bertz CT molecular complexity index is 740. The molecule has 1 heterocycles. The fourth-order valence-corrected chi connectivity index (χ4v) is 2.96. The fraction of sp³-hybridized carbons (Fsp3) is 0.455. The zero-order valence-electron chi connectivity index (χ0n) is 17.4. The molecule has 0 aliphatic rings. The van der Waals surface area contributed by atoms with Gasteiger partial charge in [-0.15, -0.1) is 0 Å². The van der Waals surface area contributed by atoms with E-state index in [0.717, 1.165) is 43.8 Å². The number of unbranched alkanes of at least 4 members (excludes halogenated alkanes) is 2. The normalized spacial score (nSPS) is 10.7. The topological polar surface area (TPSA) is 69.5 Å². The van der Waals surface area contributed by atoms with E-state index in [4.69, 9.17) is 16.6 Å². The molecule has 0 aliphatic heterocycles. The molecule has 2 rings (SSSR count). The van der Waals surface area contributed by atoms with Crippen LogP contribution < -0.4 is 16.2 Å². The number of hydrazine groups is 1. The molecule has 0 atom stereocenters. The maximum Gasteiger partial charge on any atom is 0.305 e. The summed E-state index contributed by atoms with van der Waals surface area (Å²) >= 11 is 5.19. The number of hydrogen-bond acceptors (Lipinski definition) is 4. The van der Waals surface area contributed by atoms with E-state index in [1.807, 2.05) is 36.4 Å². The van der Waals surface area contributed by atoms with Crippen LogP contribution in [0, 0.1) is 0 Å². The second kappa shape index (κ2) is 13.0. The average molecular weight is 417 g/mol. The van der Waals surface area contributed by atoms with Crippen molar-refractivity contribution in [3.8, 4) is 0 Å². The number of hydrogen-bond donors (Lipinski definition) is 3. The number of furan rings is 1. The molecule has 158 valence electrons. The van der Waals surface area contributed by atoms with Crippen LogP contribution in [-0.4, -0.2) is 29.0 Å². The molecule has 1 aromatic carbocycles. The molecule has 0 aliphatic carbocycles. The van der Waals surface area contributed by atoms with E-state index in [9.17, 15) is 4.79 Å². The number of benzene rings is 1. The van der Waals surface area contributed by atoms with Gasteiger partial charge < -0.3 is 9.73 Å². The average Bonchev–Trinajstić information content (AvgIpc) is 3.21. The Morgan fingerprint density at radius 2 is 1.69 bits per heavy atom. The maximum absolute atomic E-state index is 12.3. The Balaban J connectivity index is 1.77. The fourth-order valence-electron chi connectivity index (χ4n) is 2.84. The predicted octanol–water partition coefficient (Wildman–Crippen LogP) is 3.99. The highest BCUT2D eigenvalue weighted by Gasteiger charge is 2.13. The van der Waals surface area contributed by atoms with E-state index in [-0.39, 0.29) is 11.7 Å². The maximum atomic E-state index is 12.3.